The second-order valence-electron chi connectivity index (χ2n) is 4.44. The summed E-state index contributed by atoms with van der Waals surface area (Å²) in [4.78, 5) is 0.848. The van der Waals surface area contributed by atoms with E-state index in [1.165, 1.54) is 34.8 Å². The van der Waals surface area contributed by atoms with Crippen LogP contribution in [0.3, 0.4) is 0 Å². The first-order valence-corrected chi connectivity index (χ1v) is 8.24. The second-order valence-corrected chi connectivity index (χ2v) is 6.37. The third-order valence-corrected chi connectivity index (χ3v) is 4.62. The zero-order chi connectivity index (χ0) is 16.9. The molecule has 0 radical (unpaired) electrons. The summed E-state index contributed by atoms with van der Waals surface area (Å²) in [5.74, 6) is 0. The molecule has 3 rings (SSSR count). The van der Waals surface area contributed by atoms with Crippen LogP contribution in [0.2, 0.25) is 0 Å². The average molecular weight is 356 g/mol. The van der Waals surface area contributed by atoms with Crippen molar-refractivity contribution < 1.29 is 23.2 Å². The molecule has 0 atom stereocenters. The van der Waals surface area contributed by atoms with Crippen LogP contribution in [0.1, 0.15) is 5.56 Å². The normalized spacial score (nSPS) is 10.8. The molecular weight excluding hydrogens is 344 g/mol. The molecule has 0 bridgehead atoms. The van der Waals surface area contributed by atoms with Crippen LogP contribution in [0.4, 0.5) is 13.2 Å². The highest BCUT2D eigenvalue weighted by atomic mass is 32.1. The van der Waals surface area contributed by atoms with Crippen LogP contribution in [0.5, 0.6) is 0 Å². The third kappa shape index (κ3) is 5.21. The van der Waals surface area contributed by atoms with E-state index < -0.39 is 18.9 Å². The molecule has 0 fully saturated rings. The van der Waals surface area contributed by atoms with Crippen LogP contribution >= 0.6 is 22.7 Å². The molecule has 3 aromatic rings. The molecule has 0 unspecified atom stereocenters. The first-order chi connectivity index (χ1) is 10.9. The molecular formula is C15H12BF3O2S2. The van der Waals surface area contributed by atoms with Gasteiger partial charge < -0.3 is 10.0 Å². The molecule has 8 heteroatoms. The first kappa shape index (κ1) is 17.7. The van der Waals surface area contributed by atoms with Crippen LogP contribution < -0.4 is 4.78 Å². The molecule has 23 heavy (non-hydrogen) atoms. The monoisotopic (exact) mass is 356 g/mol. The Hall–Kier alpha value is -1.61. The summed E-state index contributed by atoms with van der Waals surface area (Å²) in [5.41, 5.74) is 0.00762. The maximum atomic E-state index is 12.4. The summed E-state index contributed by atoms with van der Waals surface area (Å²) in [5, 5.41) is 20.6. The van der Waals surface area contributed by atoms with Crippen molar-refractivity contribution in [2.75, 3.05) is 0 Å². The molecule has 2 nitrogen and oxygen atoms in total. The van der Waals surface area contributed by atoms with Crippen molar-refractivity contribution in [1.29, 1.82) is 0 Å². The lowest BCUT2D eigenvalue weighted by Gasteiger charge is -2.07. The van der Waals surface area contributed by atoms with Crippen LogP contribution in [-0.2, 0) is 6.18 Å². The maximum Gasteiger partial charge on any atom is 0.499 e. The zero-order valence-corrected chi connectivity index (χ0v) is 13.3. The van der Waals surface area contributed by atoms with Gasteiger partial charge in [0.05, 0.1) is 5.56 Å². The largest absolute Gasteiger partial charge is 0.499 e. The lowest BCUT2D eigenvalue weighted by Crippen LogP contribution is -2.26. The Kier molecular flexibility index (Phi) is 6.00. The molecule has 2 N–H and O–H groups in total. The van der Waals surface area contributed by atoms with Crippen molar-refractivity contribution in [2.24, 2.45) is 0 Å². The number of rotatable bonds is 2. The molecule has 2 heterocycles. The highest BCUT2D eigenvalue weighted by Gasteiger charge is 2.30. The predicted octanol–water partition coefficient (Wildman–Crippen LogP) is 3.86. The molecule has 0 aliphatic carbocycles. The molecule has 0 aliphatic heterocycles. The number of alkyl halides is 3. The van der Waals surface area contributed by atoms with Crippen LogP contribution in [-0.4, -0.2) is 17.2 Å². The molecule has 0 saturated heterocycles. The molecule has 0 amide bonds. The summed E-state index contributed by atoms with van der Waals surface area (Å²) in [6, 6.07) is 12.4. The molecule has 120 valence electrons. The van der Waals surface area contributed by atoms with E-state index in [-0.39, 0.29) is 0 Å². The van der Waals surface area contributed by atoms with E-state index in [1.807, 2.05) is 11.4 Å². The quantitative estimate of drug-likeness (QED) is 0.685. The summed E-state index contributed by atoms with van der Waals surface area (Å²) >= 11 is 2.76. The fourth-order valence-electron chi connectivity index (χ4n) is 1.73. The highest BCUT2D eigenvalue weighted by Crippen LogP contribution is 2.33. The van der Waals surface area contributed by atoms with Gasteiger partial charge >= 0.3 is 13.3 Å². The van der Waals surface area contributed by atoms with E-state index in [0.29, 0.717) is 10.3 Å². The Morgan fingerprint density at radius 2 is 1.57 bits per heavy atom. The fraction of sp³-hybridized carbons (Fsp3) is 0.0667. The molecule has 0 saturated carbocycles. The smallest absolute Gasteiger partial charge is 0.423 e. The van der Waals surface area contributed by atoms with Crippen LogP contribution in [0, 0.1) is 0 Å². The van der Waals surface area contributed by atoms with E-state index in [2.05, 4.69) is 0 Å². The van der Waals surface area contributed by atoms with Crippen molar-refractivity contribution in [3.8, 4) is 10.4 Å². The van der Waals surface area contributed by atoms with Crippen molar-refractivity contribution in [3.63, 3.8) is 0 Å². The number of halogens is 3. The zero-order valence-electron chi connectivity index (χ0n) is 11.7. The third-order valence-electron chi connectivity index (χ3n) is 2.79. The van der Waals surface area contributed by atoms with E-state index >= 15 is 0 Å². The standard InChI is InChI=1S/C11H7F3S.C4H5BO2S/c12-11(13,14)9-4-1-3-8(7-9)10-5-2-6-15-10;6-5(7)4-2-1-3-8-4/h1-7H;1-3,6-7H. The van der Waals surface area contributed by atoms with Crippen LogP contribution in [0.25, 0.3) is 10.4 Å². The van der Waals surface area contributed by atoms with Gasteiger partial charge in [0.1, 0.15) is 0 Å². The van der Waals surface area contributed by atoms with Gasteiger partial charge in [-0.05, 0) is 34.5 Å². The van der Waals surface area contributed by atoms with Gasteiger partial charge in [-0.1, -0.05) is 30.3 Å². The van der Waals surface area contributed by atoms with E-state index in [1.54, 1.807) is 29.6 Å². The first-order valence-electron chi connectivity index (χ1n) is 6.48. The van der Waals surface area contributed by atoms with Gasteiger partial charge in [0.15, 0.2) is 0 Å². The molecule has 0 aliphatic rings. The lowest BCUT2D eigenvalue weighted by atomic mass is 9.90. The van der Waals surface area contributed by atoms with Gasteiger partial charge in [0.25, 0.3) is 0 Å². The maximum absolute atomic E-state index is 12.4. The second kappa shape index (κ2) is 7.78. The Morgan fingerprint density at radius 1 is 0.870 bits per heavy atom. The SMILES string of the molecule is FC(F)(F)c1cccc(-c2cccs2)c1.OB(O)c1cccs1. The summed E-state index contributed by atoms with van der Waals surface area (Å²) in [6.07, 6.45) is -4.27. The van der Waals surface area contributed by atoms with Crippen molar-refractivity contribution in [2.45, 2.75) is 6.18 Å². The van der Waals surface area contributed by atoms with Crippen molar-refractivity contribution >= 4 is 34.6 Å². The number of hydrogen-bond acceptors (Lipinski definition) is 4. The minimum atomic E-state index is -4.27. The lowest BCUT2D eigenvalue weighted by molar-refractivity contribution is -0.137. The Morgan fingerprint density at radius 3 is 2.04 bits per heavy atom. The minimum Gasteiger partial charge on any atom is -0.423 e. The predicted molar refractivity (Wildman–Crippen MR) is 88.9 cm³/mol. The molecule has 1 aromatic carbocycles. The van der Waals surface area contributed by atoms with Crippen molar-refractivity contribution in [3.05, 3.63) is 64.9 Å². The minimum absolute atomic E-state index is 0.588. The fourth-order valence-corrected chi connectivity index (χ4v) is 3.05. The van der Waals surface area contributed by atoms with Gasteiger partial charge in [-0.3, -0.25) is 0 Å². The topological polar surface area (TPSA) is 40.5 Å². The van der Waals surface area contributed by atoms with Gasteiger partial charge in [-0.25, -0.2) is 0 Å². The summed E-state index contributed by atoms with van der Waals surface area (Å²) < 4.78 is 37.8. The summed E-state index contributed by atoms with van der Waals surface area (Å²) in [7, 11) is -1.30. The number of benzene rings is 1. The molecule has 0 spiro atoms. The highest BCUT2D eigenvalue weighted by molar-refractivity contribution is 7.20. The number of hydrogen-bond donors (Lipinski definition) is 2. The van der Waals surface area contributed by atoms with Gasteiger partial charge in [-0.15, -0.1) is 11.3 Å². The van der Waals surface area contributed by atoms with Gasteiger partial charge in [0.2, 0.25) is 0 Å². The Labute approximate surface area is 139 Å². The van der Waals surface area contributed by atoms with Gasteiger partial charge in [0, 0.05) is 9.65 Å². The van der Waals surface area contributed by atoms with E-state index in [4.69, 9.17) is 10.0 Å². The van der Waals surface area contributed by atoms with Crippen LogP contribution in [0.15, 0.2) is 59.3 Å². The van der Waals surface area contributed by atoms with Crippen molar-refractivity contribution in [1.82, 2.24) is 0 Å². The molecule has 2 aromatic heterocycles. The van der Waals surface area contributed by atoms with Gasteiger partial charge in [-0.2, -0.15) is 24.5 Å². The average Bonchev–Trinajstić information content (AvgIpc) is 3.21. The summed E-state index contributed by atoms with van der Waals surface area (Å²) in [6.45, 7) is 0. The number of thiophene rings is 2. The van der Waals surface area contributed by atoms with E-state index in [9.17, 15) is 13.2 Å². The Bertz CT molecular complexity index is 711. The van der Waals surface area contributed by atoms with E-state index in [0.717, 1.165) is 10.9 Å². The Balaban J connectivity index is 0.000000203.